The molecule has 0 bridgehead atoms. The van der Waals surface area contributed by atoms with Crippen LogP contribution in [-0.2, 0) is 0 Å². The minimum atomic E-state index is 1.25. The molecule has 1 aromatic carbocycles. The molecule has 12 heavy (non-hydrogen) atoms. The first-order valence-electron chi connectivity index (χ1n) is 4.06. The topological polar surface area (TPSA) is 15.8 Å². The van der Waals surface area contributed by atoms with Crippen LogP contribution in [-0.4, -0.2) is 4.98 Å². The predicted octanol–water partition coefficient (Wildman–Crippen LogP) is 2.99. The van der Waals surface area contributed by atoms with E-state index in [2.05, 4.69) is 42.2 Å². The zero-order valence-electron chi connectivity index (χ0n) is 7.04. The lowest BCUT2D eigenvalue weighted by atomic mass is 10.1. The van der Waals surface area contributed by atoms with Crippen LogP contribution in [0.3, 0.4) is 0 Å². The minimum Gasteiger partial charge on any atom is -0.367 e. The highest BCUT2D eigenvalue weighted by atomic mass is 14.6. The highest BCUT2D eigenvalue weighted by molar-refractivity contribution is 5.62. The number of hydrogen-bond donors (Lipinski definition) is 1. The first-order chi connectivity index (χ1) is 5.86. The monoisotopic (exact) mass is 157 g/mol. The Balaban J connectivity index is 2.43. The normalized spacial score (nSPS) is 10.1. The van der Waals surface area contributed by atoms with Crippen LogP contribution in [0, 0.1) is 6.92 Å². The van der Waals surface area contributed by atoms with E-state index in [1.165, 1.54) is 16.7 Å². The van der Waals surface area contributed by atoms with E-state index in [9.17, 15) is 0 Å². The summed E-state index contributed by atoms with van der Waals surface area (Å²) in [5.41, 5.74) is 3.81. The van der Waals surface area contributed by atoms with Gasteiger partial charge in [-0.25, -0.2) is 0 Å². The fraction of sp³-hybridized carbons (Fsp3) is 0.0909. The van der Waals surface area contributed by atoms with Crippen molar-refractivity contribution in [2.75, 3.05) is 0 Å². The molecule has 1 N–H and O–H groups in total. The van der Waals surface area contributed by atoms with Gasteiger partial charge in [-0.15, -0.1) is 0 Å². The average molecular weight is 157 g/mol. The van der Waals surface area contributed by atoms with Crippen LogP contribution in [0.5, 0.6) is 0 Å². The van der Waals surface area contributed by atoms with E-state index in [0.717, 1.165) is 0 Å². The zero-order chi connectivity index (χ0) is 8.39. The Hall–Kier alpha value is -1.50. The molecule has 0 aliphatic heterocycles. The number of nitrogens with one attached hydrogen (secondary N) is 1. The summed E-state index contributed by atoms with van der Waals surface area (Å²) in [6.45, 7) is 2.10. The Morgan fingerprint density at radius 1 is 0.917 bits per heavy atom. The molecular weight excluding hydrogens is 146 g/mol. The molecule has 0 unspecified atom stereocenters. The summed E-state index contributed by atoms with van der Waals surface area (Å²) in [7, 11) is 0. The summed E-state index contributed by atoms with van der Waals surface area (Å²) in [4.78, 5) is 3.04. The first kappa shape index (κ1) is 7.17. The summed E-state index contributed by atoms with van der Waals surface area (Å²) in [6.07, 6.45) is 3.94. The van der Waals surface area contributed by atoms with Crippen LogP contribution in [0.15, 0.2) is 42.7 Å². The largest absolute Gasteiger partial charge is 0.367 e. The lowest BCUT2D eigenvalue weighted by Crippen LogP contribution is -1.74. The van der Waals surface area contributed by atoms with Crippen molar-refractivity contribution in [1.82, 2.24) is 4.98 Å². The van der Waals surface area contributed by atoms with E-state index < -0.39 is 0 Å². The van der Waals surface area contributed by atoms with E-state index in [1.807, 2.05) is 12.4 Å². The predicted molar refractivity (Wildman–Crippen MR) is 51.0 cm³/mol. The number of H-pyrrole nitrogens is 1. The molecule has 0 spiro atoms. The van der Waals surface area contributed by atoms with Gasteiger partial charge in [0, 0.05) is 12.4 Å². The number of aryl methyl sites for hydroxylation is 1. The van der Waals surface area contributed by atoms with Gasteiger partial charge in [0.05, 0.1) is 0 Å². The molecule has 2 aromatic rings. The van der Waals surface area contributed by atoms with Crippen molar-refractivity contribution in [3.63, 3.8) is 0 Å². The Morgan fingerprint density at radius 3 is 2.25 bits per heavy atom. The van der Waals surface area contributed by atoms with Crippen molar-refractivity contribution in [3.05, 3.63) is 48.3 Å². The van der Waals surface area contributed by atoms with E-state index >= 15 is 0 Å². The van der Waals surface area contributed by atoms with Gasteiger partial charge >= 0.3 is 0 Å². The van der Waals surface area contributed by atoms with Crippen molar-refractivity contribution >= 4 is 0 Å². The van der Waals surface area contributed by atoms with Crippen molar-refractivity contribution in [1.29, 1.82) is 0 Å². The SMILES string of the molecule is Cc1ccc(-c2cc[nH]c2)cc1. The molecule has 0 aliphatic carbocycles. The number of aromatic nitrogens is 1. The average Bonchev–Trinajstić information content (AvgIpc) is 2.58. The highest BCUT2D eigenvalue weighted by Gasteiger charge is 1.94. The second-order valence-electron chi connectivity index (χ2n) is 2.97. The molecule has 2 rings (SSSR count). The standard InChI is InChI=1S/C11H11N/c1-9-2-4-10(5-3-9)11-6-7-12-8-11/h2-8,12H,1H3. The Bertz CT molecular complexity index is 343. The maximum atomic E-state index is 3.04. The Labute approximate surface area is 72.1 Å². The lowest BCUT2D eigenvalue weighted by molar-refractivity contribution is 1.41. The second-order valence-corrected chi connectivity index (χ2v) is 2.97. The smallest absolute Gasteiger partial charge is 0.00841 e. The van der Waals surface area contributed by atoms with Gasteiger partial charge in [-0.05, 0) is 24.1 Å². The van der Waals surface area contributed by atoms with Crippen molar-refractivity contribution in [2.24, 2.45) is 0 Å². The van der Waals surface area contributed by atoms with Crippen molar-refractivity contribution < 1.29 is 0 Å². The van der Waals surface area contributed by atoms with Gasteiger partial charge < -0.3 is 4.98 Å². The zero-order valence-corrected chi connectivity index (χ0v) is 7.04. The first-order valence-corrected chi connectivity index (χ1v) is 4.06. The van der Waals surface area contributed by atoms with Crippen LogP contribution >= 0.6 is 0 Å². The van der Waals surface area contributed by atoms with Gasteiger partial charge in [0.25, 0.3) is 0 Å². The third-order valence-corrected chi connectivity index (χ3v) is 1.98. The molecule has 1 aromatic heterocycles. The van der Waals surface area contributed by atoms with Gasteiger partial charge in [0.15, 0.2) is 0 Å². The third kappa shape index (κ3) is 1.26. The molecule has 0 aliphatic rings. The summed E-state index contributed by atoms with van der Waals surface area (Å²) in [5.74, 6) is 0. The van der Waals surface area contributed by atoms with E-state index in [1.54, 1.807) is 0 Å². The maximum absolute atomic E-state index is 3.04. The fourth-order valence-corrected chi connectivity index (χ4v) is 1.25. The van der Waals surface area contributed by atoms with Crippen LogP contribution in [0.2, 0.25) is 0 Å². The van der Waals surface area contributed by atoms with Gasteiger partial charge in [0.2, 0.25) is 0 Å². The van der Waals surface area contributed by atoms with Crippen molar-refractivity contribution in [2.45, 2.75) is 6.92 Å². The fourth-order valence-electron chi connectivity index (χ4n) is 1.25. The summed E-state index contributed by atoms with van der Waals surface area (Å²) < 4.78 is 0. The van der Waals surface area contributed by atoms with E-state index in [0.29, 0.717) is 0 Å². The number of rotatable bonds is 1. The van der Waals surface area contributed by atoms with Crippen LogP contribution < -0.4 is 0 Å². The van der Waals surface area contributed by atoms with Gasteiger partial charge in [-0.3, -0.25) is 0 Å². The van der Waals surface area contributed by atoms with Gasteiger partial charge in [0.1, 0.15) is 0 Å². The molecule has 0 radical (unpaired) electrons. The molecular formula is C11H11N. The van der Waals surface area contributed by atoms with Gasteiger partial charge in [-0.1, -0.05) is 29.8 Å². The number of benzene rings is 1. The highest BCUT2D eigenvalue weighted by Crippen LogP contribution is 2.18. The molecule has 60 valence electrons. The number of aromatic amines is 1. The molecule has 0 fully saturated rings. The summed E-state index contributed by atoms with van der Waals surface area (Å²) in [5, 5.41) is 0. The van der Waals surface area contributed by atoms with E-state index in [-0.39, 0.29) is 0 Å². The summed E-state index contributed by atoms with van der Waals surface area (Å²) in [6, 6.07) is 10.6. The van der Waals surface area contributed by atoms with Crippen LogP contribution in [0.1, 0.15) is 5.56 Å². The van der Waals surface area contributed by atoms with Crippen molar-refractivity contribution in [3.8, 4) is 11.1 Å². The van der Waals surface area contributed by atoms with Gasteiger partial charge in [-0.2, -0.15) is 0 Å². The lowest BCUT2D eigenvalue weighted by Gasteiger charge is -1.97. The molecule has 1 heteroatoms. The molecule has 1 heterocycles. The molecule has 0 saturated carbocycles. The van der Waals surface area contributed by atoms with Crippen LogP contribution in [0.4, 0.5) is 0 Å². The third-order valence-electron chi connectivity index (χ3n) is 1.98. The van der Waals surface area contributed by atoms with Crippen LogP contribution in [0.25, 0.3) is 11.1 Å². The number of hydrogen-bond acceptors (Lipinski definition) is 0. The minimum absolute atomic E-state index is 1.25. The maximum Gasteiger partial charge on any atom is 0.00841 e. The molecule has 0 saturated heterocycles. The Morgan fingerprint density at radius 2 is 1.67 bits per heavy atom. The molecule has 0 atom stereocenters. The quantitative estimate of drug-likeness (QED) is 0.655. The van der Waals surface area contributed by atoms with E-state index in [4.69, 9.17) is 0 Å². The Kier molecular flexibility index (Phi) is 1.71. The second kappa shape index (κ2) is 2.86. The summed E-state index contributed by atoms with van der Waals surface area (Å²) >= 11 is 0. The molecule has 0 amide bonds. The molecule has 1 nitrogen and oxygen atoms in total.